The Kier molecular flexibility index (Phi) is 13.9. The molecule has 0 unspecified atom stereocenters. The number of carbonyl (C=O) groups excluding carboxylic acids is 2. The Labute approximate surface area is 152 Å². The van der Waals surface area contributed by atoms with Gasteiger partial charge in [0, 0.05) is 13.1 Å². The molecule has 0 aliphatic heterocycles. The Morgan fingerprint density at radius 2 is 1.29 bits per heavy atom. The second-order valence-electron chi connectivity index (χ2n) is 5.75. The van der Waals surface area contributed by atoms with Gasteiger partial charge in [0.1, 0.15) is 5.60 Å². The maximum atomic E-state index is 11.3. The van der Waals surface area contributed by atoms with E-state index in [4.69, 9.17) is 18.9 Å². The van der Waals surface area contributed by atoms with Crippen molar-refractivity contribution in [2.45, 2.75) is 26.4 Å². The largest absolute Gasteiger partial charge is 0.444 e. The van der Waals surface area contributed by atoms with E-state index in [1.165, 1.54) is 0 Å². The smallest absolute Gasteiger partial charge is 0.407 e. The second kappa shape index (κ2) is 14.4. The van der Waals surface area contributed by atoms with Crippen LogP contribution in [0.1, 0.15) is 20.8 Å². The molecular weight excluding hydrogens is 384 g/mol. The maximum absolute atomic E-state index is 11.3. The standard InChI is InChI=1S/C15H29BrN2O6/c1-15(2,3)24-14(20)18-5-7-22-9-11-23-10-8-21-6-4-17-13(19)12-16/h4-12H2,1-3H3,(H,17,19)(H,18,20). The Bertz CT molecular complexity index is 349. The second-order valence-corrected chi connectivity index (χ2v) is 6.31. The Hall–Kier alpha value is -0.900. The lowest BCUT2D eigenvalue weighted by Crippen LogP contribution is -2.34. The fraction of sp³-hybridized carbons (Fsp3) is 0.867. The van der Waals surface area contributed by atoms with E-state index in [1.807, 2.05) is 20.8 Å². The van der Waals surface area contributed by atoms with E-state index in [1.54, 1.807) is 0 Å². The predicted molar refractivity (Wildman–Crippen MR) is 93.5 cm³/mol. The van der Waals surface area contributed by atoms with Crippen LogP contribution in [0, 0.1) is 0 Å². The molecule has 0 radical (unpaired) electrons. The molecular formula is C15H29BrN2O6. The van der Waals surface area contributed by atoms with Crippen molar-refractivity contribution < 1.29 is 28.5 Å². The molecule has 0 bridgehead atoms. The summed E-state index contributed by atoms with van der Waals surface area (Å²) in [7, 11) is 0. The van der Waals surface area contributed by atoms with E-state index in [0.29, 0.717) is 58.1 Å². The minimum atomic E-state index is -0.500. The third kappa shape index (κ3) is 17.5. The summed E-state index contributed by atoms with van der Waals surface area (Å²) in [5, 5.41) is 5.57. The number of alkyl halides is 1. The first-order valence-corrected chi connectivity index (χ1v) is 9.00. The molecule has 0 aromatic rings. The summed E-state index contributed by atoms with van der Waals surface area (Å²) in [4.78, 5) is 22.3. The predicted octanol–water partition coefficient (Wildman–Crippen LogP) is 1.07. The molecule has 0 aliphatic rings. The summed E-state index contributed by atoms with van der Waals surface area (Å²) < 4.78 is 21.0. The highest BCUT2D eigenvalue weighted by Crippen LogP contribution is 2.05. The lowest BCUT2D eigenvalue weighted by Gasteiger charge is -2.19. The van der Waals surface area contributed by atoms with Gasteiger partial charge in [-0.15, -0.1) is 0 Å². The summed E-state index contributed by atoms with van der Waals surface area (Å²) in [5.41, 5.74) is -0.500. The number of rotatable bonds is 13. The van der Waals surface area contributed by atoms with Gasteiger partial charge in [0.25, 0.3) is 0 Å². The van der Waals surface area contributed by atoms with Crippen LogP contribution in [-0.2, 0) is 23.7 Å². The zero-order valence-corrected chi connectivity index (χ0v) is 16.3. The van der Waals surface area contributed by atoms with Crippen molar-refractivity contribution in [2.24, 2.45) is 0 Å². The molecule has 8 nitrogen and oxygen atoms in total. The molecule has 9 heteroatoms. The van der Waals surface area contributed by atoms with Crippen molar-refractivity contribution in [3.05, 3.63) is 0 Å². The van der Waals surface area contributed by atoms with Crippen LogP contribution in [-0.4, -0.2) is 75.7 Å². The monoisotopic (exact) mass is 412 g/mol. The van der Waals surface area contributed by atoms with Crippen molar-refractivity contribution in [1.82, 2.24) is 10.6 Å². The third-order valence-electron chi connectivity index (χ3n) is 2.35. The fourth-order valence-corrected chi connectivity index (χ4v) is 1.59. The molecule has 24 heavy (non-hydrogen) atoms. The Balaban J connectivity index is 3.20. The van der Waals surface area contributed by atoms with Crippen molar-refractivity contribution in [2.75, 3.05) is 58.1 Å². The molecule has 0 saturated carbocycles. The van der Waals surface area contributed by atoms with Crippen LogP contribution in [0.25, 0.3) is 0 Å². The number of hydrogen-bond donors (Lipinski definition) is 2. The SMILES string of the molecule is CC(C)(C)OC(=O)NCCOCCOCCOCCNC(=O)CBr. The molecule has 142 valence electrons. The van der Waals surface area contributed by atoms with Crippen LogP contribution in [0.2, 0.25) is 0 Å². The minimum absolute atomic E-state index is 0.0619. The van der Waals surface area contributed by atoms with Crippen LogP contribution >= 0.6 is 15.9 Å². The topological polar surface area (TPSA) is 95.1 Å². The highest BCUT2D eigenvalue weighted by atomic mass is 79.9. The molecule has 0 fully saturated rings. The number of ether oxygens (including phenoxy) is 4. The molecule has 0 aromatic heterocycles. The lowest BCUT2D eigenvalue weighted by atomic mass is 10.2. The molecule has 2 amide bonds. The number of nitrogens with one attached hydrogen (secondary N) is 2. The van der Waals surface area contributed by atoms with Gasteiger partial charge in [-0.25, -0.2) is 4.79 Å². The number of amides is 2. The van der Waals surface area contributed by atoms with Gasteiger partial charge in [-0.1, -0.05) is 15.9 Å². The van der Waals surface area contributed by atoms with Gasteiger partial charge in [0.05, 0.1) is 45.0 Å². The van der Waals surface area contributed by atoms with Crippen molar-refractivity contribution in [3.63, 3.8) is 0 Å². The zero-order chi connectivity index (χ0) is 18.3. The summed E-state index contributed by atoms with van der Waals surface area (Å²) in [6, 6.07) is 0. The van der Waals surface area contributed by atoms with Crippen LogP contribution in [0.3, 0.4) is 0 Å². The van der Waals surface area contributed by atoms with Gasteiger partial charge in [0.2, 0.25) is 5.91 Å². The number of alkyl carbamates (subject to hydrolysis) is 1. The van der Waals surface area contributed by atoms with E-state index in [0.717, 1.165) is 0 Å². The van der Waals surface area contributed by atoms with Crippen LogP contribution in [0.4, 0.5) is 4.79 Å². The van der Waals surface area contributed by atoms with Gasteiger partial charge in [-0.3, -0.25) is 4.79 Å². The minimum Gasteiger partial charge on any atom is -0.444 e. The molecule has 0 spiro atoms. The molecule has 0 atom stereocenters. The third-order valence-corrected chi connectivity index (χ3v) is 2.86. The Morgan fingerprint density at radius 3 is 1.75 bits per heavy atom. The number of hydrogen-bond acceptors (Lipinski definition) is 6. The zero-order valence-electron chi connectivity index (χ0n) is 14.7. The highest BCUT2D eigenvalue weighted by molar-refractivity contribution is 9.09. The highest BCUT2D eigenvalue weighted by Gasteiger charge is 2.15. The molecule has 0 aliphatic carbocycles. The van der Waals surface area contributed by atoms with E-state index in [-0.39, 0.29) is 5.91 Å². The first kappa shape index (κ1) is 23.1. The first-order chi connectivity index (χ1) is 11.3. The quantitative estimate of drug-likeness (QED) is 0.347. The van der Waals surface area contributed by atoms with Gasteiger partial charge in [-0.05, 0) is 20.8 Å². The summed E-state index contributed by atoms with van der Waals surface area (Å²) in [6.45, 7) is 8.97. The summed E-state index contributed by atoms with van der Waals surface area (Å²) in [5.74, 6) is -0.0619. The molecule has 0 rings (SSSR count). The van der Waals surface area contributed by atoms with Gasteiger partial charge in [0.15, 0.2) is 0 Å². The van der Waals surface area contributed by atoms with Crippen molar-refractivity contribution >= 4 is 27.9 Å². The van der Waals surface area contributed by atoms with E-state index in [2.05, 4.69) is 26.6 Å². The van der Waals surface area contributed by atoms with Gasteiger partial charge >= 0.3 is 6.09 Å². The molecule has 0 aromatic carbocycles. The summed E-state index contributed by atoms with van der Waals surface area (Å²) in [6.07, 6.45) is -0.452. The average Bonchev–Trinajstić information content (AvgIpc) is 2.49. The van der Waals surface area contributed by atoms with Gasteiger partial charge in [-0.2, -0.15) is 0 Å². The molecule has 0 heterocycles. The molecule has 2 N–H and O–H groups in total. The first-order valence-electron chi connectivity index (χ1n) is 7.88. The van der Waals surface area contributed by atoms with E-state index >= 15 is 0 Å². The average molecular weight is 413 g/mol. The Morgan fingerprint density at radius 1 is 0.833 bits per heavy atom. The lowest BCUT2D eigenvalue weighted by molar-refractivity contribution is -0.118. The maximum Gasteiger partial charge on any atom is 0.407 e. The van der Waals surface area contributed by atoms with E-state index in [9.17, 15) is 9.59 Å². The van der Waals surface area contributed by atoms with E-state index < -0.39 is 11.7 Å². The number of halogens is 1. The fourth-order valence-electron chi connectivity index (χ4n) is 1.39. The van der Waals surface area contributed by atoms with Crippen LogP contribution in [0.5, 0.6) is 0 Å². The summed E-state index contributed by atoms with van der Waals surface area (Å²) >= 11 is 3.06. The number of carbonyl (C=O) groups is 2. The van der Waals surface area contributed by atoms with Crippen molar-refractivity contribution in [3.8, 4) is 0 Å². The van der Waals surface area contributed by atoms with Crippen molar-refractivity contribution in [1.29, 1.82) is 0 Å². The van der Waals surface area contributed by atoms with Crippen LogP contribution in [0.15, 0.2) is 0 Å². The van der Waals surface area contributed by atoms with Crippen LogP contribution < -0.4 is 10.6 Å². The van der Waals surface area contributed by atoms with Gasteiger partial charge < -0.3 is 29.6 Å². The normalized spacial score (nSPS) is 11.2. The molecule has 0 saturated heterocycles.